The molecule has 9 heteroatoms. The van der Waals surface area contributed by atoms with Crippen molar-refractivity contribution in [2.45, 2.75) is 13.0 Å². The number of nitrogens with zero attached hydrogens (tertiary/aromatic N) is 8. The molecule has 9 nitrogen and oxygen atoms in total. The molecule has 0 unspecified atom stereocenters. The van der Waals surface area contributed by atoms with Crippen molar-refractivity contribution in [2.75, 3.05) is 29.9 Å². The Bertz CT molecular complexity index is 956. The minimum Gasteiger partial charge on any atom is -0.352 e. The van der Waals surface area contributed by atoms with Gasteiger partial charge in [-0.3, -0.25) is 4.79 Å². The Morgan fingerprint density at radius 2 is 1.92 bits per heavy atom. The Morgan fingerprint density at radius 3 is 2.67 bits per heavy atom. The van der Waals surface area contributed by atoms with Crippen LogP contribution in [0.25, 0.3) is 5.65 Å². The summed E-state index contributed by atoms with van der Waals surface area (Å²) in [5.74, 6) is 2.47. The highest BCUT2D eigenvalue weighted by atomic mass is 16.1. The molecule has 0 aliphatic carbocycles. The molecule has 1 aliphatic heterocycles. The van der Waals surface area contributed by atoms with Crippen LogP contribution in [0.3, 0.4) is 0 Å². The molecular weight excluding hydrogens is 308 g/mol. The molecule has 1 saturated heterocycles. The second kappa shape index (κ2) is 5.29. The highest BCUT2D eigenvalue weighted by molar-refractivity contribution is 5.50. The van der Waals surface area contributed by atoms with E-state index < -0.39 is 0 Å². The molecule has 0 radical (unpaired) electrons. The van der Waals surface area contributed by atoms with Crippen LogP contribution in [0.15, 0.2) is 29.1 Å². The lowest BCUT2D eigenvalue weighted by Crippen LogP contribution is -2.59. The summed E-state index contributed by atoms with van der Waals surface area (Å²) < 4.78 is 3.10. The van der Waals surface area contributed by atoms with Gasteiger partial charge in [0.15, 0.2) is 11.5 Å². The van der Waals surface area contributed by atoms with Gasteiger partial charge in [0.05, 0.1) is 6.04 Å². The Morgan fingerprint density at radius 1 is 1.12 bits per heavy atom. The summed E-state index contributed by atoms with van der Waals surface area (Å²) in [6, 6.07) is 7.52. The van der Waals surface area contributed by atoms with Crippen LogP contribution < -0.4 is 15.4 Å². The first-order valence-electron chi connectivity index (χ1n) is 7.74. The first-order chi connectivity index (χ1) is 11.5. The van der Waals surface area contributed by atoms with Crippen LogP contribution in [-0.4, -0.2) is 55.8 Å². The molecule has 0 spiro atoms. The third-order valence-corrected chi connectivity index (χ3v) is 4.45. The second-order valence-electron chi connectivity index (χ2n) is 6.03. The molecule has 0 N–H and O–H groups in total. The van der Waals surface area contributed by atoms with Gasteiger partial charge in [-0.25, -0.2) is 4.68 Å². The van der Waals surface area contributed by atoms with Crippen molar-refractivity contribution in [1.82, 2.24) is 29.6 Å². The van der Waals surface area contributed by atoms with Crippen LogP contribution in [0, 0.1) is 6.92 Å². The van der Waals surface area contributed by atoms with Gasteiger partial charge in [-0.2, -0.15) is 9.61 Å². The van der Waals surface area contributed by atoms with E-state index in [1.165, 1.54) is 4.68 Å². The molecule has 4 heterocycles. The van der Waals surface area contributed by atoms with Crippen LogP contribution in [0.5, 0.6) is 0 Å². The van der Waals surface area contributed by atoms with E-state index in [2.05, 4.69) is 30.2 Å². The van der Waals surface area contributed by atoms with Crippen LogP contribution in [-0.2, 0) is 7.05 Å². The third kappa shape index (κ3) is 2.29. The summed E-state index contributed by atoms with van der Waals surface area (Å²) in [7, 11) is 3.66. The van der Waals surface area contributed by atoms with Gasteiger partial charge in [0, 0.05) is 33.3 Å². The van der Waals surface area contributed by atoms with E-state index in [4.69, 9.17) is 0 Å². The van der Waals surface area contributed by atoms with E-state index in [-0.39, 0.29) is 5.56 Å². The number of fused-ring (bicyclic) bond motifs is 1. The highest BCUT2D eigenvalue weighted by Crippen LogP contribution is 2.23. The Labute approximate surface area is 138 Å². The lowest BCUT2D eigenvalue weighted by Gasteiger charge is -2.44. The van der Waals surface area contributed by atoms with E-state index in [0.717, 1.165) is 36.2 Å². The van der Waals surface area contributed by atoms with Crippen molar-refractivity contribution in [1.29, 1.82) is 0 Å². The van der Waals surface area contributed by atoms with Gasteiger partial charge in [0.1, 0.15) is 11.6 Å². The van der Waals surface area contributed by atoms with Crippen LogP contribution in [0.2, 0.25) is 0 Å². The Hall–Kier alpha value is -2.97. The molecule has 0 aromatic carbocycles. The fraction of sp³-hybridized carbons (Fsp3) is 0.400. The molecule has 4 rings (SSSR count). The van der Waals surface area contributed by atoms with E-state index in [1.807, 2.05) is 26.1 Å². The molecule has 1 aliphatic rings. The first kappa shape index (κ1) is 14.6. The largest absolute Gasteiger partial charge is 0.352 e. The average molecular weight is 326 g/mol. The smallest absolute Gasteiger partial charge is 0.266 e. The summed E-state index contributed by atoms with van der Waals surface area (Å²) >= 11 is 0. The highest BCUT2D eigenvalue weighted by Gasteiger charge is 2.32. The number of rotatable bonds is 3. The average Bonchev–Trinajstić information content (AvgIpc) is 2.89. The zero-order chi connectivity index (χ0) is 16.8. The van der Waals surface area contributed by atoms with Gasteiger partial charge in [-0.05, 0) is 25.1 Å². The van der Waals surface area contributed by atoms with Crippen LogP contribution in [0.1, 0.15) is 5.82 Å². The van der Waals surface area contributed by atoms with E-state index in [0.29, 0.717) is 6.04 Å². The SMILES string of the molecule is Cc1nnc2ccc(N3CC(N(C)c4ccc(=O)n(C)n4)C3)nn12. The number of anilines is 2. The number of hydrogen-bond acceptors (Lipinski definition) is 7. The van der Waals surface area contributed by atoms with Crippen molar-refractivity contribution in [2.24, 2.45) is 7.05 Å². The zero-order valence-electron chi connectivity index (χ0n) is 13.8. The summed E-state index contributed by atoms with van der Waals surface area (Å²) in [6.07, 6.45) is 0. The van der Waals surface area contributed by atoms with Crippen LogP contribution in [0.4, 0.5) is 11.6 Å². The maximum atomic E-state index is 11.4. The predicted molar refractivity (Wildman–Crippen MR) is 89.4 cm³/mol. The molecule has 1 fully saturated rings. The lowest BCUT2D eigenvalue weighted by atomic mass is 10.1. The summed E-state index contributed by atoms with van der Waals surface area (Å²) in [6.45, 7) is 3.58. The third-order valence-electron chi connectivity index (χ3n) is 4.45. The maximum Gasteiger partial charge on any atom is 0.266 e. The fourth-order valence-electron chi connectivity index (χ4n) is 2.81. The summed E-state index contributed by atoms with van der Waals surface area (Å²) in [4.78, 5) is 15.7. The molecule has 124 valence electrons. The standard InChI is InChI=1S/C15H18N8O/c1-10-16-17-12-4-5-14(19-23(10)12)22-8-11(9-22)20(2)13-6-7-15(24)21(3)18-13/h4-7,11H,8-9H2,1-3H3. The zero-order valence-corrected chi connectivity index (χ0v) is 13.8. The predicted octanol–water partition coefficient (Wildman–Crippen LogP) is -0.149. The van der Waals surface area contributed by atoms with E-state index in [1.54, 1.807) is 23.7 Å². The molecule has 3 aromatic rings. The van der Waals surface area contributed by atoms with Crippen molar-refractivity contribution in [3.8, 4) is 0 Å². The van der Waals surface area contributed by atoms with Gasteiger partial charge >= 0.3 is 0 Å². The van der Waals surface area contributed by atoms with Crippen LogP contribution >= 0.6 is 0 Å². The number of likely N-dealkylation sites (N-methyl/N-ethyl adjacent to an activating group) is 1. The Balaban J connectivity index is 1.49. The van der Waals surface area contributed by atoms with E-state index in [9.17, 15) is 4.79 Å². The number of aryl methyl sites for hydroxylation is 2. The van der Waals surface area contributed by atoms with Gasteiger partial charge in [0.2, 0.25) is 0 Å². The van der Waals surface area contributed by atoms with Crippen molar-refractivity contribution in [3.63, 3.8) is 0 Å². The van der Waals surface area contributed by atoms with Crippen molar-refractivity contribution < 1.29 is 0 Å². The van der Waals surface area contributed by atoms with Gasteiger partial charge in [-0.15, -0.1) is 15.3 Å². The minimum absolute atomic E-state index is 0.107. The Kier molecular flexibility index (Phi) is 3.22. The quantitative estimate of drug-likeness (QED) is 0.662. The monoisotopic (exact) mass is 326 g/mol. The second-order valence-corrected chi connectivity index (χ2v) is 6.03. The van der Waals surface area contributed by atoms with Gasteiger partial charge in [0.25, 0.3) is 5.56 Å². The fourth-order valence-corrected chi connectivity index (χ4v) is 2.81. The maximum absolute atomic E-state index is 11.4. The topological polar surface area (TPSA) is 84.5 Å². The van der Waals surface area contributed by atoms with Gasteiger partial charge in [-0.1, -0.05) is 0 Å². The van der Waals surface area contributed by atoms with Gasteiger partial charge < -0.3 is 9.80 Å². The molecule has 0 atom stereocenters. The van der Waals surface area contributed by atoms with E-state index >= 15 is 0 Å². The number of hydrogen-bond donors (Lipinski definition) is 0. The van der Waals surface area contributed by atoms with Crippen molar-refractivity contribution >= 4 is 17.3 Å². The minimum atomic E-state index is -0.107. The first-order valence-corrected chi connectivity index (χ1v) is 7.74. The number of aromatic nitrogens is 6. The summed E-state index contributed by atoms with van der Waals surface area (Å²) in [5.41, 5.74) is 0.643. The molecule has 0 saturated carbocycles. The molecule has 0 amide bonds. The molecular formula is C15H18N8O. The molecule has 0 bridgehead atoms. The van der Waals surface area contributed by atoms with Crippen molar-refractivity contribution in [3.05, 3.63) is 40.4 Å². The lowest BCUT2D eigenvalue weighted by molar-refractivity contribution is 0.483. The molecule has 24 heavy (non-hydrogen) atoms. The summed E-state index contributed by atoms with van der Waals surface area (Å²) in [5, 5.41) is 17.0. The molecule has 3 aromatic heterocycles. The normalized spacial score (nSPS) is 14.9.